The van der Waals surface area contributed by atoms with E-state index in [1.54, 1.807) is 54.2 Å². The lowest BCUT2D eigenvalue weighted by Crippen LogP contribution is -2.27. The summed E-state index contributed by atoms with van der Waals surface area (Å²) in [5.41, 5.74) is 4.64. The highest BCUT2D eigenvalue weighted by Gasteiger charge is 2.34. The molecule has 0 aliphatic carbocycles. The molecule has 0 unspecified atom stereocenters. The fourth-order valence-corrected chi connectivity index (χ4v) is 5.61. The van der Waals surface area contributed by atoms with Gasteiger partial charge in [0.05, 0.1) is 10.6 Å². The predicted molar refractivity (Wildman–Crippen MR) is 122 cm³/mol. The van der Waals surface area contributed by atoms with Gasteiger partial charge in [-0.3, -0.25) is 14.4 Å². The first-order valence-corrected chi connectivity index (χ1v) is 12.1. The van der Waals surface area contributed by atoms with Crippen molar-refractivity contribution in [1.82, 2.24) is 0 Å². The third-order valence-corrected chi connectivity index (χ3v) is 7.75. The number of thioether (sulfide) groups is 1. The third kappa shape index (κ3) is 4.08. The summed E-state index contributed by atoms with van der Waals surface area (Å²) in [5.74, 6) is 0.488. The van der Waals surface area contributed by atoms with Gasteiger partial charge in [0.2, 0.25) is 5.91 Å². The van der Waals surface area contributed by atoms with Gasteiger partial charge in [-0.2, -0.15) is 0 Å². The van der Waals surface area contributed by atoms with Gasteiger partial charge in [-0.1, -0.05) is 36.4 Å². The number of hydrogen-bond donors (Lipinski definition) is 1. The minimum Gasteiger partial charge on any atom is -0.295 e. The molecule has 0 spiro atoms. The Morgan fingerprint density at radius 2 is 1.63 bits per heavy atom. The molecule has 1 N–H and O–H groups in total. The van der Waals surface area contributed by atoms with Crippen molar-refractivity contribution in [3.05, 3.63) is 89.5 Å². The smallest absolute Gasteiger partial charge is 0.261 e. The quantitative estimate of drug-likeness (QED) is 0.616. The fraction of sp³-hybridized carbons (Fsp3) is 0.174. The molecular weight excluding hydrogens is 416 g/mol. The average molecular weight is 439 g/mol. The van der Waals surface area contributed by atoms with E-state index in [1.807, 2.05) is 49.1 Å². The maximum atomic E-state index is 12.6. The Morgan fingerprint density at radius 1 is 0.933 bits per heavy atom. The van der Waals surface area contributed by atoms with Crippen LogP contribution in [0.1, 0.15) is 22.1 Å². The van der Waals surface area contributed by atoms with Crippen LogP contribution in [-0.4, -0.2) is 20.1 Å². The lowest BCUT2D eigenvalue weighted by Gasteiger charge is -2.25. The third-order valence-electron chi connectivity index (χ3n) is 5.14. The van der Waals surface area contributed by atoms with E-state index in [9.17, 15) is 13.2 Å². The molecule has 0 aromatic heterocycles. The van der Waals surface area contributed by atoms with Gasteiger partial charge in [0, 0.05) is 11.4 Å². The number of carbonyl (C=O) groups is 1. The van der Waals surface area contributed by atoms with Crippen molar-refractivity contribution in [2.24, 2.45) is 0 Å². The number of amides is 1. The summed E-state index contributed by atoms with van der Waals surface area (Å²) in [5, 5.41) is -0.139. The maximum absolute atomic E-state index is 12.6. The van der Waals surface area contributed by atoms with Crippen LogP contribution >= 0.6 is 11.8 Å². The van der Waals surface area contributed by atoms with Gasteiger partial charge in [0.1, 0.15) is 5.37 Å². The van der Waals surface area contributed by atoms with E-state index in [2.05, 4.69) is 4.72 Å². The SMILES string of the molecule is Cc1ccc(N2C(=O)CS[C@H]2c2ccc(NS(=O)(=O)c3ccccc3)cc2)cc1C. The normalized spacial score (nSPS) is 16.7. The molecule has 30 heavy (non-hydrogen) atoms. The van der Waals surface area contributed by atoms with E-state index >= 15 is 0 Å². The van der Waals surface area contributed by atoms with Crippen molar-refractivity contribution < 1.29 is 13.2 Å². The van der Waals surface area contributed by atoms with Crippen LogP contribution in [0.2, 0.25) is 0 Å². The highest BCUT2D eigenvalue weighted by Crippen LogP contribution is 2.42. The Balaban J connectivity index is 1.57. The molecule has 5 nitrogen and oxygen atoms in total. The average Bonchev–Trinajstić information content (AvgIpc) is 3.12. The zero-order valence-electron chi connectivity index (χ0n) is 16.7. The standard InChI is InChI=1S/C23H22N2O3S2/c1-16-8-13-20(14-17(16)2)25-22(26)15-29-23(25)18-9-11-19(12-10-18)24-30(27,28)21-6-4-3-5-7-21/h3-14,23-24H,15H2,1-2H3/t23-/m0/s1. The summed E-state index contributed by atoms with van der Waals surface area (Å²) in [6.45, 7) is 4.08. The first-order chi connectivity index (χ1) is 14.3. The van der Waals surface area contributed by atoms with Gasteiger partial charge in [-0.15, -0.1) is 11.8 Å². The van der Waals surface area contributed by atoms with Crippen LogP contribution in [0.25, 0.3) is 0 Å². The number of benzene rings is 3. The first-order valence-electron chi connectivity index (χ1n) is 9.54. The zero-order chi connectivity index (χ0) is 21.3. The van der Waals surface area contributed by atoms with Crippen molar-refractivity contribution in [3.63, 3.8) is 0 Å². The number of sulfonamides is 1. The number of aryl methyl sites for hydroxylation is 2. The fourth-order valence-electron chi connectivity index (χ4n) is 3.35. The summed E-state index contributed by atoms with van der Waals surface area (Å²) >= 11 is 1.57. The van der Waals surface area contributed by atoms with Crippen molar-refractivity contribution in [1.29, 1.82) is 0 Å². The number of nitrogens with zero attached hydrogens (tertiary/aromatic N) is 1. The van der Waals surface area contributed by atoms with Crippen LogP contribution in [0.4, 0.5) is 11.4 Å². The van der Waals surface area contributed by atoms with Crippen LogP contribution in [-0.2, 0) is 14.8 Å². The molecule has 0 bridgehead atoms. The molecule has 7 heteroatoms. The maximum Gasteiger partial charge on any atom is 0.261 e. The minimum absolute atomic E-state index is 0.0714. The molecule has 4 rings (SSSR count). The summed E-state index contributed by atoms with van der Waals surface area (Å²) in [7, 11) is -3.64. The summed E-state index contributed by atoms with van der Waals surface area (Å²) in [6.07, 6.45) is 0. The van der Waals surface area contributed by atoms with E-state index in [0.29, 0.717) is 11.4 Å². The number of rotatable bonds is 5. The van der Waals surface area contributed by atoms with E-state index in [1.165, 1.54) is 5.56 Å². The molecule has 3 aromatic carbocycles. The molecule has 3 aromatic rings. The van der Waals surface area contributed by atoms with Crippen molar-refractivity contribution in [2.45, 2.75) is 24.1 Å². The second-order valence-corrected chi connectivity index (χ2v) is 9.99. The van der Waals surface area contributed by atoms with E-state index in [0.717, 1.165) is 16.8 Å². The monoisotopic (exact) mass is 438 g/mol. The predicted octanol–water partition coefficient (Wildman–Crippen LogP) is 4.88. The Kier molecular flexibility index (Phi) is 5.58. The van der Waals surface area contributed by atoms with E-state index in [-0.39, 0.29) is 16.2 Å². The molecule has 0 saturated carbocycles. The lowest BCUT2D eigenvalue weighted by atomic mass is 10.1. The molecule has 1 aliphatic heterocycles. The van der Waals surface area contributed by atoms with Crippen molar-refractivity contribution >= 4 is 39.1 Å². The first kappa shape index (κ1) is 20.5. The molecular formula is C23H22N2O3S2. The summed E-state index contributed by atoms with van der Waals surface area (Å²) < 4.78 is 27.6. The summed E-state index contributed by atoms with van der Waals surface area (Å²) in [4.78, 5) is 14.6. The van der Waals surface area contributed by atoms with Gasteiger partial charge in [-0.25, -0.2) is 8.42 Å². The minimum atomic E-state index is -3.64. The van der Waals surface area contributed by atoms with Crippen molar-refractivity contribution in [2.75, 3.05) is 15.4 Å². The topological polar surface area (TPSA) is 66.5 Å². The van der Waals surface area contributed by atoms with Crippen molar-refractivity contribution in [3.8, 4) is 0 Å². The van der Waals surface area contributed by atoms with Gasteiger partial charge in [0.15, 0.2) is 0 Å². The van der Waals surface area contributed by atoms with Crippen LogP contribution < -0.4 is 9.62 Å². The Labute approximate surface area is 181 Å². The summed E-state index contributed by atoms with van der Waals surface area (Å²) in [6, 6.07) is 21.5. The molecule has 1 amide bonds. The Bertz CT molecular complexity index is 1180. The molecule has 1 saturated heterocycles. The zero-order valence-corrected chi connectivity index (χ0v) is 18.3. The Hall–Kier alpha value is -2.77. The largest absolute Gasteiger partial charge is 0.295 e. The van der Waals surface area contributed by atoms with Crippen LogP contribution in [0, 0.1) is 13.8 Å². The van der Waals surface area contributed by atoms with Crippen LogP contribution in [0.3, 0.4) is 0 Å². The lowest BCUT2D eigenvalue weighted by molar-refractivity contribution is -0.115. The second-order valence-electron chi connectivity index (χ2n) is 7.24. The number of carbonyl (C=O) groups excluding carboxylic acids is 1. The van der Waals surface area contributed by atoms with Gasteiger partial charge < -0.3 is 0 Å². The molecule has 154 valence electrons. The molecule has 0 radical (unpaired) electrons. The van der Waals surface area contributed by atoms with E-state index in [4.69, 9.17) is 0 Å². The second kappa shape index (κ2) is 8.16. The van der Waals surface area contributed by atoms with Gasteiger partial charge in [0.25, 0.3) is 10.0 Å². The molecule has 1 aliphatic rings. The molecule has 1 atom stereocenters. The molecule has 1 heterocycles. The highest BCUT2D eigenvalue weighted by atomic mass is 32.2. The van der Waals surface area contributed by atoms with E-state index < -0.39 is 10.0 Å². The highest BCUT2D eigenvalue weighted by molar-refractivity contribution is 8.00. The number of anilines is 2. The Morgan fingerprint density at radius 3 is 2.30 bits per heavy atom. The van der Waals surface area contributed by atoms with Gasteiger partial charge >= 0.3 is 0 Å². The van der Waals surface area contributed by atoms with Gasteiger partial charge in [-0.05, 0) is 66.9 Å². The van der Waals surface area contributed by atoms with Crippen LogP contribution in [0.15, 0.2) is 77.7 Å². The number of hydrogen-bond acceptors (Lipinski definition) is 4. The van der Waals surface area contributed by atoms with Crippen LogP contribution in [0.5, 0.6) is 0 Å². The number of nitrogens with one attached hydrogen (secondary N) is 1. The molecule has 1 fully saturated rings.